The van der Waals surface area contributed by atoms with Gasteiger partial charge in [-0.2, -0.15) is 0 Å². The van der Waals surface area contributed by atoms with Crippen molar-refractivity contribution in [1.29, 1.82) is 0 Å². The molecule has 4 rings (SSSR count). The Hall–Kier alpha value is -1.55. The molecule has 0 radical (unpaired) electrons. The minimum atomic E-state index is -0.431. The summed E-state index contributed by atoms with van der Waals surface area (Å²) in [6.45, 7) is 0. The molecule has 2 aromatic carbocycles. The number of fused-ring (bicyclic) bond motifs is 2. The van der Waals surface area contributed by atoms with Crippen molar-refractivity contribution in [3.63, 3.8) is 0 Å². The van der Waals surface area contributed by atoms with Gasteiger partial charge in [-0.05, 0) is 34.4 Å². The van der Waals surface area contributed by atoms with Crippen molar-refractivity contribution in [2.24, 2.45) is 0 Å². The fraction of sp³-hybridized carbons (Fsp3) is 0.100. The maximum Gasteiger partial charge on any atom is 1.00 e. The molecule has 4 heteroatoms. The number of ketones is 2. The fourth-order valence-corrected chi connectivity index (χ4v) is 3.44. The molecule has 0 saturated heterocycles. The molecule has 0 heterocycles. The van der Waals surface area contributed by atoms with Gasteiger partial charge in [-0.25, -0.2) is 0 Å². The van der Waals surface area contributed by atoms with E-state index in [2.05, 4.69) is 0 Å². The van der Waals surface area contributed by atoms with Crippen LogP contribution in [0, 0.1) is 0 Å². The normalized spacial score (nSPS) is 20.5. The number of allylic oxidation sites excluding steroid dienone is 2. The Morgan fingerprint density at radius 3 is 1.38 bits per heavy atom. The SMILES string of the molecule is O=C1C=Cc2ccccc2C1C1C(=O)C=Cc2ccccc21.[H-].[H-].[Li+].[Li+]. The Balaban J connectivity index is 0.00000156. The fourth-order valence-electron chi connectivity index (χ4n) is 3.44. The van der Waals surface area contributed by atoms with E-state index < -0.39 is 11.8 Å². The number of benzene rings is 2. The number of carbonyl (C=O) groups is 2. The predicted molar refractivity (Wildman–Crippen MR) is 88.7 cm³/mol. The van der Waals surface area contributed by atoms with Crippen LogP contribution in [0.5, 0.6) is 0 Å². The second kappa shape index (κ2) is 7.56. The molecule has 0 saturated carbocycles. The average Bonchev–Trinajstić information content (AvgIpc) is 2.56. The molecule has 2 aromatic rings. The smallest absolute Gasteiger partial charge is 1.00 e. The van der Waals surface area contributed by atoms with Gasteiger partial charge in [-0.15, -0.1) is 0 Å². The van der Waals surface area contributed by atoms with E-state index in [1.165, 1.54) is 0 Å². The standard InChI is InChI=1S/C20H14O2.2Li.2H/c21-17-11-9-13-5-1-3-7-15(13)19(17)20-16-8-4-2-6-14(16)10-12-18(20)22;;;;/h1-12,19-20H;;;;/q;2*+1;2*-1. The Morgan fingerprint density at radius 1 is 0.583 bits per heavy atom. The second-order valence-corrected chi connectivity index (χ2v) is 5.68. The summed E-state index contributed by atoms with van der Waals surface area (Å²) in [4.78, 5) is 25.1. The molecule has 24 heavy (non-hydrogen) atoms. The minimum absolute atomic E-state index is 0. The van der Waals surface area contributed by atoms with E-state index in [9.17, 15) is 9.59 Å². The van der Waals surface area contributed by atoms with Gasteiger partial charge < -0.3 is 2.85 Å². The number of hydrogen-bond acceptors (Lipinski definition) is 2. The Bertz CT molecular complexity index is 791. The average molecular weight is 302 g/mol. The van der Waals surface area contributed by atoms with Gasteiger partial charge in [-0.1, -0.05) is 60.7 Å². The van der Waals surface area contributed by atoms with Gasteiger partial charge in [0.1, 0.15) is 0 Å². The van der Waals surface area contributed by atoms with Crippen LogP contribution in [0.15, 0.2) is 60.7 Å². The molecule has 0 N–H and O–H groups in total. The van der Waals surface area contributed by atoms with Crippen LogP contribution in [0.25, 0.3) is 12.2 Å². The van der Waals surface area contributed by atoms with Crippen molar-refractivity contribution in [1.82, 2.24) is 0 Å². The largest absolute Gasteiger partial charge is 1.00 e. The van der Waals surface area contributed by atoms with Crippen LogP contribution in [0.4, 0.5) is 0 Å². The van der Waals surface area contributed by atoms with Crippen molar-refractivity contribution < 1.29 is 50.2 Å². The maximum atomic E-state index is 12.5. The van der Waals surface area contributed by atoms with E-state index in [0.717, 1.165) is 22.3 Å². The summed E-state index contributed by atoms with van der Waals surface area (Å²) in [7, 11) is 0. The summed E-state index contributed by atoms with van der Waals surface area (Å²) < 4.78 is 0. The summed E-state index contributed by atoms with van der Waals surface area (Å²) in [6, 6.07) is 15.6. The minimum Gasteiger partial charge on any atom is -1.00 e. The van der Waals surface area contributed by atoms with E-state index >= 15 is 0 Å². The third-order valence-corrected chi connectivity index (χ3v) is 4.46. The molecule has 0 aliphatic heterocycles. The molecule has 2 nitrogen and oxygen atoms in total. The third kappa shape index (κ3) is 3.04. The van der Waals surface area contributed by atoms with Crippen molar-refractivity contribution >= 4 is 23.7 Å². The summed E-state index contributed by atoms with van der Waals surface area (Å²) in [5, 5.41) is 0. The quantitative estimate of drug-likeness (QED) is 0.570. The molecule has 0 fully saturated rings. The van der Waals surface area contributed by atoms with Gasteiger partial charge in [0.15, 0.2) is 11.6 Å². The molecule has 2 aliphatic carbocycles. The van der Waals surface area contributed by atoms with Gasteiger partial charge in [0, 0.05) is 0 Å². The summed E-state index contributed by atoms with van der Waals surface area (Å²) in [5.41, 5.74) is 3.93. The monoisotopic (exact) mass is 302 g/mol. The predicted octanol–water partition coefficient (Wildman–Crippen LogP) is -2.02. The van der Waals surface area contributed by atoms with E-state index in [-0.39, 0.29) is 52.1 Å². The molecular weight excluding hydrogens is 286 g/mol. The Labute approximate surface area is 168 Å². The van der Waals surface area contributed by atoms with Crippen LogP contribution in [0.3, 0.4) is 0 Å². The Kier molecular flexibility index (Phi) is 5.92. The van der Waals surface area contributed by atoms with E-state index in [0.29, 0.717) is 0 Å². The zero-order chi connectivity index (χ0) is 15.1. The van der Waals surface area contributed by atoms with E-state index in [4.69, 9.17) is 0 Å². The first-order chi connectivity index (χ1) is 10.8. The van der Waals surface area contributed by atoms with Gasteiger partial charge in [0.25, 0.3) is 0 Å². The topological polar surface area (TPSA) is 34.1 Å². The van der Waals surface area contributed by atoms with Gasteiger partial charge in [-0.3, -0.25) is 9.59 Å². The molecule has 2 aliphatic rings. The van der Waals surface area contributed by atoms with Gasteiger partial charge >= 0.3 is 37.7 Å². The van der Waals surface area contributed by atoms with Crippen LogP contribution >= 0.6 is 0 Å². The zero-order valence-electron chi connectivity index (χ0n) is 15.9. The van der Waals surface area contributed by atoms with Crippen LogP contribution in [-0.4, -0.2) is 11.6 Å². The summed E-state index contributed by atoms with van der Waals surface area (Å²) >= 11 is 0. The number of rotatable bonds is 1. The molecule has 0 amide bonds. The molecule has 2 atom stereocenters. The first kappa shape index (κ1) is 18.8. The van der Waals surface area contributed by atoms with Crippen molar-refractivity contribution in [2.45, 2.75) is 11.8 Å². The van der Waals surface area contributed by atoms with Gasteiger partial charge in [0.05, 0.1) is 11.8 Å². The van der Waals surface area contributed by atoms with E-state index in [1.807, 2.05) is 60.7 Å². The van der Waals surface area contributed by atoms with Crippen molar-refractivity contribution in [3.05, 3.63) is 82.9 Å². The van der Waals surface area contributed by atoms with E-state index in [1.54, 1.807) is 12.2 Å². The molecule has 0 bridgehead atoms. The van der Waals surface area contributed by atoms with Crippen LogP contribution in [0.1, 0.15) is 36.9 Å². The second-order valence-electron chi connectivity index (χ2n) is 5.68. The molecule has 2 unspecified atom stereocenters. The van der Waals surface area contributed by atoms with Crippen molar-refractivity contribution in [2.75, 3.05) is 0 Å². The first-order valence-electron chi connectivity index (χ1n) is 7.37. The zero-order valence-corrected chi connectivity index (χ0v) is 13.9. The van der Waals surface area contributed by atoms with Gasteiger partial charge in [0.2, 0.25) is 0 Å². The van der Waals surface area contributed by atoms with Crippen LogP contribution in [-0.2, 0) is 9.59 Å². The maximum absolute atomic E-state index is 12.5. The first-order valence-corrected chi connectivity index (χ1v) is 7.37. The summed E-state index contributed by atoms with van der Waals surface area (Å²) in [6.07, 6.45) is 6.87. The van der Waals surface area contributed by atoms with Crippen LogP contribution in [0.2, 0.25) is 0 Å². The molecule has 110 valence electrons. The summed E-state index contributed by atoms with van der Waals surface area (Å²) in [5.74, 6) is -0.857. The molecule has 0 aromatic heterocycles. The Morgan fingerprint density at radius 2 is 0.958 bits per heavy atom. The third-order valence-electron chi connectivity index (χ3n) is 4.46. The van der Waals surface area contributed by atoms with Crippen molar-refractivity contribution in [3.8, 4) is 0 Å². The number of carbonyl (C=O) groups excluding carboxylic acids is 2. The number of hydrogen-bond donors (Lipinski definition) is 0. The van der Waals surface area contributed by atoms with Crippen LogP contribution < -0.4 is 37.7 Å². The molecular formula is C20H16Li2O2. The molecule has 0 spiro atoms.